The summed E-state index contributed by atoms with van der Waals surface area (Å²) in [7, 11) is 0. The van der Waals surface area contributed by atoms with Gasteiger partial charge in [0.25, 0.3) is 5.91 Å². The van der Waals surface area contributed by atoms with Crippen molar-refractivity contribution in [3.05, 3.63) is 59.9 Å². The predicted octanol–water partition coefficient (Wildman–Crippen LogP) is 2.29. The van der Waals surface area contributed by atoms with Crippen molar-refractivity contribution in [3.8, 4) is 5.69 Å². The molecule has 0 fully saturated rings. The Bertz CT molecular complexity index is 882. The number of amides is 1. The van der Waals surface area contributed by atoms with Crippen LogP contribution in [-0.4, -0.2) is 30.5 Å². The summed E-state index contributed by atoms with van der Waals surface area (Å²) in [6, 6.07) is 5.60. The molecule has 0 aromatic carbocycles. The van der Waals surface area contributed by atoms with Gasteiger partial charge in [0.2, 0.25) is 0 Å². The molecule has 0 unspecified atom stereocenters. The van der Waals surface area contributed by atoms with Crippen molar-refractivity contribution < 1.29 is 4.79 Å². The van der Waals surface area contributed by atoms with Gasteiger partial charge in [-0.25, -0.2) is 4.68 Å². The summed E-state index contributed by atoms with van der Waals surface area (Å²) < 4.78 is 3.70. The second-order valence-corrected chi connectivity index (χ2v) is 6.14. The highest BCUT2D eigenvalue weighted by molar-refractivity contribution is 5.92. The van der Waals surface area contributed by atoms with Crippen LogP contribution in [0, 0.1) is 0 Å². The van der Waals surface area contributed by atoms with E-state index in [9.17, 15) is 4.79 Å². The molecule has 128 valence electrons. The molecule has 1 atom stereocenters. The lowest BCUT2D eigenvalue weighted by atomic mass is 9.92. The number of carbonyl (C=O) groups is 1. The van der Waals surface area contributed by atoms with Gasteiger partial charge in [-0.05, 0) is 44.4 Å². The normalized spacial score (nSPS) is 16.4. The minimum Gasteiger partial charge on any atom is -0.344 e. The Morgan fingerprint density at radius 3 is 2.92 bits per heavy atom. The molecule has 1 aliphatic carbocycles. The zero-order valence-electron chi connectivity index (χ0n) is 14.1. The smallest absolute Gasteiger partial charge is 0.272 e. The number of aryl methyl sites for hydroxylation is 1. The van der Waals surface area contributed by atoms with E-state index >= 15 is 0 Å². The molecule has 3 aromatic heterocycles. The van der Waals surface area contributed by atoms with Crippen LogP contribution in [0.25, 0.3) is 5.69 Å². The molecular weight excluding hydrogens is 316 g/mol. The Hall–Kier alpha value is -2.96. The van der Waals surface area contributed by atoms with E-state index in [-0.39, 0.29) is 11.9 Å². The first-order valence-electron chi connectivity index (χ1n) is 8.57. The molecule has 25 heavy (non-hydrogen) atoms. The number of fused-ring (bicyclic) bond motifs is 1. The minimum absolute atomic E-state index is 0.0291. The maximum Gasteiger partial charge on any atom is 0.272 e. The molecule has 4 rings (SSSR count). The third kappa shape index (κ3) is 2.93. The minimum atomic E-state index is -0.137. The largest absolute Gasteiger partial charge is 0.344 e. The zero-order valence-corrected chi connectivity index (χ0v) is 14.1. The van der Waals surface area contributed by atoms with Crippen LogP contribution in [-0.2, 0) is 13.0 Å². The average molecular weight is 336 g/mol. The summed E-state index contributed by atoms with van der Waals surface area (Å²) in [6.07, 6.45) is 10.1. The number of pyridine rings is 1. The molecule has 1 aliphatic rings. The number of aromatic nitrogens is 5. The van der Waals surface area contributed by atoms with Gasteiger partial charge in [-0.1, -0.05) is 0 Å². The summed E-state index contributed by atoms with van der Waals surface area (Å²) >= 11 is 0. The molecular formula is C18H20N6O. The van der Waals surface area contributed by atoms with Crippen LogP contribution < -0.4 is 5.32 Å². The Morgan fingerprint density at radius 1 is 1.32 bits per heavy atom. The van der Waals surface area contributed by atoms with Crippen LogP contribution in [0.1, 0.15) is 47.6 Å². The van der Waals surface area contributed by atoms with E-state index in [1.165, 1.54) is 0 Å². The van der Waals surface area contributed by atoms with Crippen molar-refractivity contribution in [3.63, 3.8) is 0 Å². The molecule has 3 aromatic rings. The SMILES string of the molecule is CCn1ccc(C(=O)N[C@@H]2CCCc3c2cnn3-c2ccncc2)n1. The van der Waals surface area contributed by atoms with Gasteiger partial charge in [0.05, 0.1) is 17.9 Å². The summed E-state index contributed by atoms with van der Waals surface area (Å²) in [6.45, 7) is 2.75. The van der Waals surface area contributed by atoms with Gasteiger partial charge in [-0.15, -0.1) is 0 Å². The molecule has 1 amide bonds. The number of hydrogen-bond donors (Lipinski definition) is 1. The van der Waals surface area contributed by atoms with Crippen molar-refractivity contribution >= 4 is 5.91 Å². The highest BCUT2D eigenvalue weighted by Crippen LogP contribution is 2.31. The van der Waals surface area contributed by atoms with Crippen LogP contribution in [0.4, 0.5) is 0 Å². The molecule has 0 saturated heterocycles. The first-order chi connectivity index (χ1) is 12.3. The van der Waals surface area contributed by atoms with E-state index in [1.807, 2.05) is 36.1 Å². The van der Waals surface area contributed by atoms with Gasteiger partial charge in [0, 0.05) is 36.4 Å². The number of carbonyl (C=O) groups excluding carboxylic acids is 1. The Kier molecular flexibility index (Phi) is 4.05. The second-order valence-electron chi connectivity index (χ2n) is 6.14. The third-order valence-corrected chi connectivity index (χ3v) is 4.59. The van der Waals surface area contributed by atoms with Crippen molar-refractivity contribution in [2.45, 2.75) is 38.8 Å². The lowest BCUT2D eigenvalue weighted by Crippen LogP contribution is -2.31. The lowest BCUT2D eigenvalue weighted by molar-refractivity contribution is 0.0927. The molecule has 3 heterocycles. The van der Waals surface area contributed by atoms with Gasteiger partial charge in [0.1, 0.15) is 5.69 Å². The van der Waals surface area contributed by atoms with Crippen molar-refractivity contribution in [2.24, 2.45) is 0 Å². The number of nitrogens with one attached hydrogen (secondary N) is 1. The van der Waals surface area contributed by atoms with Crippen molar-refractivity contribution in [1.82, 2.24) is 29.9 Å². The van der Waals surface area contributed by atoms with Gasteiger partial charge in [-0.2, -0.15) is 10.2 Å². The Labute approximate surface area is 145 Å². The average Bonchev–Trinajstić information content (AvgIpc) is 3.30. The molecule has 7 heteroatoms. The fourth-order valence-corrected chi connectivity index (χ4v) is 3.31. The van der Waals surface area contributed by atoms with E-state index in [4.69, 9.17) is 0 Å². The van der Waals surface area contributed by atoms with Gasteiger partial charge in [0.15, 0.2) is 0 Å². The van der Waals surface area contributed by atoms with E-state index in [2.05, 4.69) is 20.5 Å². The molecule has 0 radical (unpaired) electrons. The van der Waals surface area contributed by atoms with E-state index in [0.29, 0.717) is 5.69 Å². The summed E-state index contributed by atoms with van der Waals surface area (Å²) in [5.74, 6) is -0.137. The highest BCUT2D eigenvalue weighted by atomic mass is 16.2. The second kappa shape index (κ2) is 6.51. The summed E-state index contributed by atoms with van der Waals surface area (Å²) in [5, 5.41) is 11.9. The van der Waals surface area contributed by atoms with Crippen molar-refractivity contribution in [2.75, 3.05) is 0 Å². The first kappa shape index (κ1) is 15.6. The highest BCUT2D eigenvalue weighted by Gasteiger charge is 2.26. The number of hydrogen-bond acceptors (Lipinski definition) is 4. The molecule has 0 bridgehead atoms. The fraction of sp³-hybridized carbons (Fsp3) is 0.333. The standard InChI is InChI=1S/C18H20N6O/c1-2-23-11-8-16(22-23)18(25)21-15-4-3-5-17-14(15)12-20-24(17)13-6-9-19-10-7-13/h6-12,15H,2-5H2,1H3,(H,21,25)/t15-/m1/s1. The third-order valence-electron chi connectivity index (χ3n) is 4.59. The van der Waals surface area contributed by atoms with E-state index < -0.39 is 0 Å². The Balaban J connectivity index is 1.58. The van der Waals surface area contributed by atoms with Crippen LogP contribution in [0.5, 0.6) is 0 Å². The predicted molar refractivity (Wildman–Crippen MR) is 92.4 cm³/mol. The molecule has 0 saturated carbocycles. The molecule has 0 spiro atoms. The zero-order chi connectivity index (χ0) is 17.2. The van der Waals surface area contributed by atoms with Crippen LogP contribution in [0.2, 0.25) is 0 Å². The summed E-state index contributed by atoms with van der Waals surface area (Å²) in [4.78, 5) is 16.6. The fourth-order valence-electron chi connectivity index (χ4n) is 3.31. The molecule has 0 aliphatic heterocycles. The van der Waals surface area contributed by atoms with Gasteiger partial charge < -0.3 is 5.32 Å². The topological polar surface area (TPSA) is 77.6 Å². The van der Waals surface area contributed by atoms with Crippen LogP contribution in [0.15, 0.2) is 43.0 Å². The monoisotopic (exact) mass is 336 g/mol. The first-order valence-corrected chi connectivity index (χ1v) is 8.57. The van der Waals surface area contributed by atoms with Gasteiger partial charge >= 0.3 is 0 Å². The summed E-state index contributed by atoms with van der Waals surface area (Å²) in [5.41, 5.74) is 3.69. The lowest BCUT2D eigenvalue weighted by Gasteiger charge is -2.24. The maximum atomic E-state index is 12.5. The van der Waals surface area contributed by atoms with Crippen molar-refractivity contribution in [1.29, 1.82) is 0 Å². The van der Waals surface area contributed by atoms with Gasteiger partial charge in [-0.3, -0.25) is 14.5 Å². The molecule has 1 N–H and O–H groups in total. The van der Waals surface area contributed by atoms with E-state index in [1.54, 1.807) is 23.1 Å². The van der Waals surface area contributed by atoms with Crippen LogP contribution in [0.3, 0.4) is 0 Å². The number of rotatable bonds is 4. The molecule has 7 nitrogen and oxygen atoms in total. The number of nitrogens with zero attached hydrogens (tertiary/aromatic N) is 5. The van der Waals surface area contributed by atoms with E-state index in [0.717, 1.165) is 42.8 Å². The Morgan fingerprint density at radius 2 is 2.16 bits per heavy atom. The maximum absolute atomic E-state index is 12.5. The quantitative estimate of drug-likeness (QED) is 0.793. The van der Waals surface area contributed by atoms with Crippen LogP contribution >= 0.6 is 0 Å².